The van der Waals surface area contributed by atoms with Gasteiger partial charge in [-0.2, -0.15) is 9.97 Å². The van der Waals surface area contributed by atoms with E-state index >= 15 is 4.39 Å². The number of nitrogens with zero attached hydrogens (tertiary/aromatic N) is 7. The average Bonchev–Trinajstić information content (AvgIpc) is 3.73. The zero-order chi connectivity index (χ0) is 27.9. The van der Waals surface area contributed by atoms with E-state index in [2.05, 4.69) is 35.2 Å². The number of aliphatic hydroxyl groups excluding tert-OH is 1. The van der Waals surface area contributed by atoms with Crippen molar-refractivity contribution < 1.29 is 14.2 Å². The molecule has 6 heterocycles. The molecule has 2 N–H and O–H groups in total. The van der Waals surface area contributed by atoms with Crippen molar-refractivity contribution in [3.8, 4) is 17.3 Å². The number of hydrogen-bond donors (Lipinski definition) is 2. The van der Waals surface area contributed by atoms with Gasteiger partial charge in [0.25, 0.3) is 0 Å². The summed E-state index contributed by atoms with van der Waals surface area (Å²) in [5.41, 5.74) is 4.21. The number of aromatic amines is 1. The Labute approximate surface area is 237 Å². The molecule has 4 fully saturated rings. The molecule has 8 rings (SSSR count). The lowest BCUT2D eigenvalue weighted by molar-refractivity contribution is 0.108. The Kier molecular flexibility index (Phi) is 5.73. The van der Waals surface area contributed by atoms with Crippen LogP contribution in [-0.2, 0) is 0 Å². The predicted octanol–water partition coefficient (Wildman–Crippen LogP) is 3.93. The van der Waals surface area contributed by atoms with Gasteiger partial charge >= 0.3 is 6.01 Å². The lowest BCUT2D eigenvalue weighted by atomic mass is 9.95. The molecule has 11 heteroatoms. The van der Waals surface area contributed by atoms with Gasteiger partial charge in [-0.1, -0.05) is 5.21 Å². The van der Waals surface area contributed by atoms with Crippen molar-refractivity contribution in [2.75, 3.05) is 37.7 Å². The molecule has 214 valence electrons. The summed E-state index contributed by atoms with van der Waals surface area (Å²) >= 11 is 0. The molecule has 0 radical (unpaired) electrons. The number of aryl methyl sites for hydroxylation is 1. The second-order valence-electron chi connectivity index (χ2n) is 12.7. The Morgan fingerprint density at radius 3 is 2.76 bits per heavy atom. The molecule has 0 amide bonds. The van der Waals surface area contributed by atoms with Gasteiger partial charge in [-0.05, 0) is 88.6 Å². The number of aromatic nitrogens is 6. The van der Waals surface area contributed by atoms with E-state index in [-0.39, 0.29) is 34.8 Å². The van der Waals surface area contributed by atoms with Gasteiger partial charge in [-0.3, -0.25) is 15.0 Å². The number of aliphatic hydroxyl groups is 1. The highest BCUT2D eigenvalue weighted by Crippen LogP contribution is 2.42. The fourth-order valence-corrected chi connectivity index (χ4v) is 8.07. The highest BCUT2D eigenvalue weighted by atomic mass is 19.1. The van der Waals surface area contributed by atoms with Gasteiger partial charge in [-0.15, -0.1) is 5.10 Å². The Balaban J connectivity index is 1.26. The maximum Gasteiger partial charge on any atom is 0.319 e. The van der Waals surface area contributed by atoms with Crippen LogP contribution in [0.25, 0.3) is 33.2 Å². The van der Waals surface area contributed by atoms with Gasteiger partial charge in [0.05, 0.1) is 22.5 Å². The third kappa shape index (κ3) is 3.92. The summed E-state index contributed by atoms with van der Waals surface area (Å²) in [6.45, 7) is 8.06. The monoisotopic (exact) mass is 558 g/mol. The summed E-state index contributed by atoms with van der Waals surface area (Å²) in [6, 6.07) is 2.16. The Hall–Kier alpha value is -3.44. The number of ether oxygens (including phenoxy) is 1. The molecule has 10 nitrogen and oxygen atoms in total. The van der Waals surface area contributed by atoms with Crippen molar-refractivity contribution in [1.82, 2.24) is 35.3 Å². The third-order valence-corrected chi connectivity index (χ3v) is 10.3. The average molecular weight is 559 g/mol. The van der Waals surface area contributed by atoms with Crippen LogP contribution in [-0.4, -0.2) is 84.8 Å². The SMILES string of the molecule is Cc1cc2[nH]nnc2c(-c2ncc3c(N4C[C@@H]5C[C@H](C4)[C@H](O)C5)nc(OCC45CCCN4CCC5)nc3c2F)c1C. The molecule has 2 bridgehead atoms. The van der Waals surface area contributed by atoms with Crippen LogP contribution in [0.4, 0.5) is 10.2 Å². The first-order valence-corrected chi connectivity index (χ1v) is 14.9. The van der Waals surface area contributed by atoms with Gasteiger partial charge in [0.2, 0.25) is 0 Å². The zero-order valence-electron chi connectivity index (χ0n) is 23.5. The summed E-state index contributed by atoms with van der Waals surface area (Å²) in [4.78, 5) is 18.9. The van der Waals surface area contributed by atoms with Gasteiger partial charge in [-0.25, -0.2) is 4.39 Å². The summed E-state index contributed by atoms with van der Waals surface area (Å²) < 4.78 is 23.0. The van der Waals surface area contributed by atoms with Gasteiger partial charge in [0, 0.05) is 30.8 Å². The van der Waals surface area contributed by atoms with Crippen molar-refractivity contribution in [2.45, 2.75) is 64.0 Å². The van der Waals surface area contributed by atoms with E-state index in [1.807, 2.05) is 19.9 Å². The quantitative estimate of drug-likeness (QED) is 0.376. The van der Waals surface area contributed by atoms with E-state index < -0.39 is 5.82 Å². The minimum absolute atomic E-state index is 0.0198. The van der Waals surface area contributed by atoms with Gasteiger partial charge in [0.15, 0.2) is 5.82 Å². The maximum absolute atomic E-state index is 16.7. The molecular weight excluding hydrogens is 523 g/mol. The topological polar surface area (TPSA) is 116 Å². The summed E-state index contributed by atoms with van der Waals surface area (Å²) in [5, 5.41) is 22.3. The zero-order valence-corrected chi connectivity index (χ0v) is 23.5. The number of nitrogens with one attached hydrogen (secondary N) is 1. The molecule has 3 aliphatic heterocycles. The van der Waals surface area contributed by atoms with Gasteiger partial charge in [0.1, 0.15) is 29.2 Å². The van der Waals surface area contributed by atoms with Crippen LogP contribution in [0, 0.1) is 31.5 Å². The first kappa shape index (κ1) is 25.3. The van der Waals surface area contributed by atoms with Crippen LogP contribution in [0.1, 0.15) is 49.7 Å². The molecule has 0 spiro atoms. The number of pyridine rings is 1. The van der Waals surface area contributed by atoms with E-state index in [4.69, 9.17) is 9.72 Å². The number of rotatable bonds is 5. The molecule has 1 aliphatic carbocycles. The molecule has 3 aromatic heterocycles. The number of H-pyrrole nitrogens is 1. The van der Waals surface area contributed by atoms with Crippen LogP contribution in [0.5, 0.6) is 6.01 Å². The summed E-state index contributed by atoms with van der Waals surface area (Å²) in [5.74, 6) is 0.678. The smallest absolute Gasteiger partial charge is 0.319 e. The number of benzene rings is 1. The number of piperidine rings is 1. The molecule has 4 aromatic rings. The minimum atomic E-state index is -0.518. The molecule has 3 atom stereocenters. The molecule has 1 aromatic carbocycles. The van der Waals surface area contributed by atoms with Crippen LogP contribution >= 0.6 is 0 Å². The molecular formula is C30H35FN8O2. The van der Waals surface area contributed by atoms with Crippen LogP contribution in [0.2, 0.25) is 0 Å². The Morgan fingerprint density at radius 1 is 1.12 bits per heavy atom. The summed E-state index contributed by atoms with van der Waals surface area (Å²) in [6.07, 6.45) is 7.72. The standard InChI is InChI=1S/C30H35FN8O2/c1-16-9-21-26(36-37-35-21)23(17(16)2)27-24(31)25-20(12-32-27)28(38-13-18-10-19(14-38)22(40)11-18)34-29(33-25)41-15-30-5-3-7-39(30)8-4-6-30/h9,12,18-19,22,40H,3-8,10-11,13-15H2,1-2H3,(H,35,36,37)/t18-,19-,22-/m1/s1. The van der Waals surface area contributed by atoms with Gasteiger partial charge < -0.3 is 14.7 Å². The van der Waals surface area contributed by atoms with Crippen LogP contribution < -0.4 is 9.64 Å². The number of fused-ring (bicyclic) bond motifs is 5. The van der Waals surface area contributed by atoms with E-state index in [9.17, 15) is 5.11 Å². The highest BCUT2D eigenvalue weighted by molar-refractivity contribution is 5.97. The van der Waals surface area contributed by atoms with E-state index in [1.165, 1.54) is 12.8 Å². The molecule has 0 unspecified atom stereocenters. The molecule has 1 saturated carbocycles. The van der Waals surface area contributed by atoms with Crippen LogP contribution in [0.3, 0.4) is 0 Å². The number of anilines is 1. The number of halogens is 1. The second-order valence-corrected chi connectivity index (χ2v) is 12.7. The van der Waals surface area contributed by atoms with E-state index in [0.29, 0.717) is 41.4 Å². The van der Waals surface area contributed by atoms with Crippen molar-refractivity contribution in [1.29, 1.82) is 0 Å². The highest BCUT2D eigenvalue weighted by Gasteiger charge is 2.45. The maximum atomic E-state index is 16.7. The van der Waals surface area contributed by atoms with Crippen LogP contribution in [0.15, 0.2) is 12.3 Å². The largest absolute Gasteiger partial charge is 0.461 e. The van der Waals surface area contributed by atoms with Crippen molar-refractivity contribution in [3.63, 3.8) is 0 Å². The second kappa shape index (κ2) is 9.29. The fourth-order valence-electron chi connectivity index (χ4n) is 8.07. The van der Waals surface area contributed by atoms with E-state index in [0.717, 1.165) is 62.0 Å². The Morgan fingerprint density at radius 2 is 1.95 bits per heavy atom. The molecule has 3 saturated heterocycles. The normalized spacial score (nSPS) is 25.5. The van der Waals surface area contributed by atoms with Crippen molar-refractivity contribution in [2.24, 2.45) is 11.8 Å². The number of hydrogen-bond acceptors (Lipinski definition) is 9. The van der Waals surface area contributed by atoms with E-state index in [1.54, 1.807) is 6.20 Å². The third-order valence-electron chi connectivity index (χ3n) is 10.3. The van der Waals surface area contributed by atoms with Crippen molar-refractivity contribution in [3.05, 3.63) is 29.2 Å². The lowest BCUT2D eigenvalue weighted by Gasteiger charge is -2.34. The molecule has 4 aliphatic rings. The summed E-state index contributed by atoms with van der Waals surface area (Å²) in [7, 11) is 0. The lowest BCUT2D eigenvalue weighted by Crippen LogP contribution is -2.43. The Bertz CT molecular complexity index is 1660. The fraction of sp³-hybridized carbons (Fsp3) is 0.567. The first-order chi connectivity index (χ1) is 19.9. The minimum Gasteiger partial charge on any atom is -0.461 e. The first-order valence-electron chi connectivity index (χ1n) is 14.9. The molecule has 41 heavy (non-hydrogen) atoms. The van der Waals surface area contributed by atoms with Crippen molar-refractivity contribution >= 4 is 27.8 Å². The predicted molar refractivity (Wildman–Crippen MR) is 152 cm³/mol.